The van der Waals surface area contributed by atoms with Gasteiger partial charge in [-0.05, 0) is 43.0 Å². The van der Waals surface area contributed by atoms with Crippen LogP contribution in [-0.4, -0.2) is 24.5 Å². The second kappa shape index (κ2) is 7.66. The lowest BCUT2D eigenvalue weighted by atomic mass is 9.85. The van der Waals surface area contributed by atoms with Gasteiger partial charge < -0.3 is 5.32 Å². The normalized spacial score (nSPS) is 15.7. The number of rotatable bonds is 8. The smallest absolute Gasteiger partial charge is 0.0233 e. The van der Waals surface area contributed by atoms with Crippen molar-refractivity contribution in [3.63, 3.8) is 0 Å². The molecular weight excluding hydrogens is 232 g/mol. The first-order valence-electron chi connectivity index (χ1n) is 7.82. The fourth-order valence-electron chi connectivity index (χ4n) is 2.71. The Morgan fingerprint density at radius 3 is 2.63 bits per heavy atom. The Morgan fingerprint density at radius 1 is 1.21 bits per heavy atom. The summed E-state index contributed by atoms with van der Waals surface area (Å²) in [6, 6.07) is 9.03. The van der Waals surface area contributed by atoms with Gasteiger partial charge in [0.15, 0.2) is 0 Å². The van der Waals surface area contributed by atoms with Crippen molar-refractivity contribution in [3.05, 3.63) is 35.4 Å². The van der Waals surface area contributed by atoms with E-state index in [1.807, 2.05) is 0 Å². The third-order valence-electron chi connectivity index (χ3n) is 4.17. The first-order valence-corrected chi connectivity index (χ1v) is 7.82. The maximum atomic E-state index is 3.40. The summed E-state index contributed by atoms with van der Waals surface area (Å²) in [7, 11) is 0. The summed E-state index contributed by atoms with van der Waals surface area (Å²) in [4.78, 5) is 2.59. The molecule has 0 radical (unpaired) electrons. The van der Waals surface area contributed by atoms with Gasteiger partial charge in [-0.1, -0.05) is 44.5 Å². The summed E-state index contributed by atoms with van der Waals surface area (Å²) < 4.78 is 0. The fourth-order valence-corrected chi connectivity index (χ4v) is 2.71. The SMILES string of the molecule is CCNCc1cccc(CN(CC)CC2CCC2)c1. The van der Waals surface area contributed by atoms with Crippen LogP contribution in [-0.2, 0) is 13.1 Å². The van der Waals surface area contributed by atoms with Crippen molar-refractivity contribution in [2.45, 2.75) is 46.2 Å². The standard InChI is InChI=1S/C17H28N2/c1-3-18-12-16-9-6-10-17(11-16)14-19(4-2)13-15-7-5-8-15/h6,9-11,15,18H,3-5,7-8,12-14H2,1-2H3. The predicted octanol–water partition coefficient (Wildman–Crippen LogP) is 3.42. The molecule has 2 rings (SSSR count). The molecule has 0 bridgehead atoms. The molecule has 1 fully saturated rings. The Morgan fingerprint density at radius 2 is 2.00 bits per heavy atom. The first kappa shape index (κ1) is 14.5. The van der Waals surface area contributed by atoms with Crippen molar-refractivity contribution in [1.29, 1.82) is 0 Å². The summed E-state index contributed by atoms with van der Waals surface area (Å²) in [5.74, 6) is 0.963. The third kappa shape index (κ3) is 4.63. The van der Waals surface area contributed by atoms with Gasteiger partial charge in [0, 0.05) is 19.6 Å². The van der Waals surface area contributed by atoms with E-state index in [9.17, 15) is 0 Å². The van der Waals surface area contributed by atoms with Gasteiger partial charge in [0.2, 0.25) is 0 Å². The van der Waals surface area contributed by atoms with Gasteiger partial charge in [0.05, 0.1) is 0 Å². The maximum Gasteiger partial charge on any atom is 0.0233 e. The van der Waals surface area contributed by atoms with E-state index in [1.54, 1.807) is 0 Å². The minimum atomic E-state index is 0.963. The van der Waals surface area contributed by atoms with Gasteiger partial charge in [-0.25, -0.2) is 0 Å². The first-order chi connectivity index (χ1) is 9.31. The lowest BCUT2D eigenvalue weighted by molar-refractivity contribution is 0.178. The average molecular weight is 260 g/mol. The monoisotopic (exact) mass is 260 g/mol. The highest BCUT2D eigenvalue weighted by Gasteiger charge is 2.19. The van der Waals surface area contributed by atoms with Gasteiger partial charge in [0.1, 0.15) is 0 Å². The second-order valence-corrected chi connectivity index (χ2v) is 5.72. The Hall–Kier alpha value is -0.860. The topological polar surface area (TPSA) is 15.3 Å². The Labute approximate surface area is 118 Å². The van der Waals surface area contributed by atoms with Gasteiger partial charge in [-0.2, -0.15) is 0 Å². The van der Waals surface area contributed by atoms with E-state index in [0.29, 0.717) is 0 Å². The molecular formula is C17H28N2. The van der Waals surface area contributed by atoms with Crippen molar-refractivity contribution in [2.24, 2.45) is 5.92 Å². The average Bonchev–Trinajstić information content (AvgIpc) is 2.39. The summed E-state index contributed by atoms with van der Waals surface area (Å²) in [5.41, 5.74) is 2.86. The summed E-state index contributed by atoms with van der Waals surface area (Å²) in [6.45, 7) is 10.0. The number of benzene rings is 1. The van der Waals surface area contributed by atoms with Crippen LogP contribution in [0.2, 0.25) is 0 Å². The largest absolute Gasteiger partial charge is 0.313 e. The lowest BCUT2D eigenvalue weighted by Gasteiger charge is -2.31. The molecule has 106 valence electrons. The molecule has 0 aliphatic heterocycles. The summed E-state index contributed by atoms with van der Waals surface area (Å²) in [6.07, 6.45) is 4.33. The molecule has 0 saturated heterocycles. The van der Waals surface area contributed by atoms with Crippen molar-refractivity contribution in [1.82, 2.24) is 10.2 Å². The Balaban J connectivity index is 1.88. The number of hydrogen-bond acceptors (Lipinski definition) is 2. The zero-order valence-corrected chi connectivity index (χ0v) is 12.5. The van der Waals surface area contributed by atoms with E-state index in [-0.39, 0.29) is 0 Å². The zero-order valence-electron chi connectivity index (χ0n) is 12.5. The molecule has 19 heavy (non-hydrogen) atoms. The molecule has 0 atom stereocenters. The van der Waals surface area contributed by atoms with Gasteiger partial charge in [-0.3, -0.25) is 4.90 Å². The van der Waals surface area contributed by atoms with E-state index in [4.69, 9.17) is 0 Å². The van der Waals surface area contributed by atoms with Gasteiger partial charge >= 0.3 is 0 Å². The van der Waals surface area contributed by atoms with Crippen LogP contribution in [0.3, 0.4) is 0 Å². The van der Waals surface area contributed by atoms with Gasteiger partial charge in [0.25, 0.3) is 0 Å². The Bertz CT molecular complexity index is 371. The van der Waals surface area contributed by atoms with Crippen LogP contribution < -0.4 is 5.32 Å². The lowest BCUT2D eigenvalue weighted by Crippen LogP contribution is -2.32. The van der Waals surface area contributed by atoms with E-state index in [1.165, 1.54) is 36.9 Å². The minimum absolute atomic E-state index is 0.963. The van der Waals surface area contributed by atoms with Crippen LogP contribution in [0.15, 0.2) is 24.3 Å². The third-order valence-corrected chi connectivity index (χ3v) is 4.17. The van der Waals surface area contributed by atoms with Crippen molar-refractivity contribution in [3.8, 4) is 0 Å². The molecule has 2 heteroatoms. The molecule has 2 nitrogen and oxygen atoms in total. The highest BCUT2D eigenvalue weighted by molar-refractivity contribution is 5.23. The minimum Gasteiger partial charge on any atom is -0.313 e. The second-order valence-electron chi connectivity index (χ2n) is 5.72. The fraction of sp³-hybridized carbons (Fsp3) is 0.647. The molecule has 1 aromatic carbocycles. The molecule has 0 heterocycles. The maximum absolute atomic E-state index is 3.40. The molecule has 0 unspecified atom stereocenters. The summed E-state index contributed by atoms with van der Waals surface area (Å²) in [5, 5.41) is 3.40. The van der Waals surface area contributed by atoms with Crippen LogP contribution in [0, 0.1) is 5.92 Å². The molecule has 1 aromatic rings. The summed E-state index contributed by atoms with van der Waals surface area (Å²) >= 11 is 0. The number of nitrogens with one attached hydrogen (secondary N) is 1. The quantitative estimate of drug-likeness (QED) is 0.770. The van der Waals surface area contributed by atoms with Gasteiger partial charge in [-0.15, -0.1) is 0 Å². The van der Waals surface area contributed by atoms with Crippen LogP contribution in [0.4, 0.5) is 0 Å². The van der Waals surface area contributed by atoms with E-state index in [0.717, 1.165) is 32.1 Å². The molecule has 1 aliphatic rings. The molecule has 1 N–H and O–H groups in total. The van der Waals surface area contributed by atoms with Crippen molar-refractivity contribution >= 4 is 0 Å². The van der Waals surface area contributed by atoms with E-state index < -0.39 is 0 Å². The van der Waals surface area contributed by atoms with E-state index in [2.05, 4.69) is 48.3 Å². The number of hydrogen-bond donors (Lipinski definition) is 1. The molecule has 0 aromatic heterocycles. The highest BCUT2D eigenvalue weighted by Crippen LogP contribution is 2.27. The van der Waals surface area contributed by atoms with Crippen LogP contribution in [0.25, 0.3) is 0 Å². The van der Waals surface area contributed by atoms with Crippen LogP contribution in [0.5, 0.6) is 0 Å². The van der Waals surface area contributed by atoms with Crippen molar-refractivity contribution in [2.75, 3.05) is 19.6 Å². The van der Waals surface area contributed by atoms with Crippen LogP contribution >= 0.6 is 0 Å². The highest BCUT2D eigenvalue weighted by atomic mass is 15.1. The van der Waals surface area contributed by atoms with Crippen LogP contribution in [0.1, 0.15) is 44.2 Å². The number of nitrogens with zero attached hydrogens (tertiary/aromatic N) is 1. The molecule has 1 saturated carbocycles. The molecule has 0 spiro atoms. The van der Waals surface area contributed by atoms with E-state index >= 15 is 0 Å². The predicted molar refractivity (Wildman–Crippen MR) is 82.1 cm³/mol. The van der Waals surface area contributed by atoms with Crippen molar-refractivity contribution < 1.29 is 0 Å². The molecule has 1 aliphatic carbocycles. The Kier molecular flexibility index (Phi) is 5.87. The molecule has 0 amide bonds. The zero-order chi connectivity index (χ0) is 13.5.